The fourth-order valence-corrected chi connectivity index (χ4v) is 1.11. The minimum Gasteiger partial charge on any atom is -0.293 e. The summed E-state index contributed by atoms with van der Waals surface area (Å²) >= 11 is 0. The van der Waals surface area contributed by atoms with Gasteiger partial charge in [-0.05, 0) is 34.1 Å². The number of azide groups is 2. The molecule has 0 aliphatic carbocycles. The highest BCUT2D eigenvalue weighted by Crippen LogP contribution is 2.06. The van der Waals surface area contributed by atoms with Crippen LogP contribution in [0.2, 0.25) is 0 Å². The monoisotopic (exact) mass is 224 g/mol. The maximum absolute atomic E-state index is 10.7. The van der Waals surface area contributed by atoms with E-state index in [-0.39, 0.29) is 12.8 Å². The zero-order valence-corrected chi connectivity index (χ0v) is 8.74. The molecule has 0 aromatic rings. The summed E-state index contributed by atoms with van der Waals surface area (Å²) in [6.45, 7) is 0. The van der Waals surface area contributed by atoms with Crippen LogP contribution in [-0.4, -0.2) is 11.8 Å². The van der Waals surface area contributed by atoms with Crippen LogP contribution in [0.1, 0.15) is 38.5 Å². The first-order chi connectivity index (χ1) is 7.70. The van der Waals surface area contributed by atoms with E-state index in [9.17, 15) is 9.59 Å². The van der Waals surface area contributed by atoms with Gasteiger partial charge in [-0.3, -0.25) is 9.59 Å². The maximum atomic E-state index is 10.7. The molecular formula is C8H12N6O2. The molecule has 16 heavy (non-hydrogen) atoms. The second-order valence-corrected chi connectivity index (χ2v) is 3.08. The number of carbonyl (C=O) groups excluding carboxylic acids is 2. The molecule has 0 aromatic heterocycles. The number of nitrogens with zero attached hydrogens (tertiary/aromatic N) is 6. The molecule has 0 bridgehead atoms. The Balaban J connectivity index is 3.40. The van der Waals surface area contributed by atoms with E-state index in [1.54, 1.807) is 0 Å². The van der Waals surface area contributed by atoms with Crippen molar-refractivity contribution in [1.29, 1.82) is 0 Å². The van der Waals surface area contributed by atoms with Crippen LogP contribution in [0.25, 0.3) is 20.9 Å². The smallest absolute Gasteiger partial charge is 0.218 e. The van der Waals surface area contributed by atoms with Crippen LogP contribution < -0.4 is 0 Å². The average molecular weight is 224 g/mol. The van der Waals surface area contributed by atoms with E-state index in [1.807, 2.05) is 0 Å². The van der Waals surface area contributed by atoms with E-state index in [1.165, 1.54) is 0 Å². The van der Waals surface area contributed by atoms with Crippen molar-refractivity contribution in [2.24, 2.45) is 10.2 Å². The van der Waals surface area contributed by atoms with Crippen LogP contribution in [0.3, 0.4) is 0 Å². The van der Waals surface area contributed by atoms with Gasteiger partial charge in [0.15, 0.2) is 0 Å². The predicted octanol–water partition coefficient (Wildman–Crippen LogP) is 3.00. The molecule has 0 atom stereocenters. The lowest BCUT2D eigenvalue weighted by molar-refractivity contribution is -0.119. The molecule has 0 heterocycles. The molecule has 0 spiro atoms. The first-order valence-electron chi connectivity index (χ1n) is 4.86. The van der Waals surface area contributed by atoms with Crippen molar-refractivity contribution >= 4 is 11.8 Å². The Morgan fingerprint density at radius 1 is 0.812 bits per heavy atom. The summed E-state index contributed by atoms with van der Waals surface area (Å²) in [5, 5.41) is 5.85. The normalized spacial score (nSPS) is 8.75. The molecule has 0 fully saturated rings. The maximum Gasteiger partial charge on any atom is 0.218 e. The van der Waals surface area contributed by atoms with Crippen molar-refractivity contribution in [2.75, 3.05) is 0 Å². The van der Waals surface area contributed by atoms with Crippen molar-refractivity contribution in [3.05, 3.63) is 20.9 Å². The molecule has 0 aliphatic rings. The van der Waals surface area contributed by atoms with E-state index >= 15 is 0 Å². The van der Waals surface area contributed by atoms with Gasteiger partial charge in [-0.1, -0.05) is 12.8 Å². The van der Waals surface area contributed by atoms with Crippen LogP contribution in [0.5, 0.6) is 0 Å². The molecule has 0 N–H and O–H groups in total. The summed E-state index contributed by atoms with van der Waals surface area (Å²) in [6, 6.07) is 0. The number of carbonyl (C=O) groups is 2. The molecule has 0 saturated heterocycles. The van der Waals surface area contributed by atoms with E-state index < -0.39 is 11.8 Å². The number of hydrogen-bond donors (Lipinski definition) is 0. The van der Waals surface area contributed by atoms with Gasteiger partial charge in [0.05, 0.1) is 0 Å². The van der Waals surface area contributed by atoms with Gasteiger partial charge in [-0.2, -0.15) is 0 Å². The molecule has 0 unspecified atom stereocenters. The fraction of sp³-hybridized carbons (Fsp3) is 0.750. The Morgan fingerprint density at radius 2 is 1.19 bits per heavy atom. The minimum atomic E-state index is -0.465. The molecule has 86 valence electrons. The standard InChI is InChI=1S/C8H12N6O2/c9-13-11-7(15)5-3-1-2-4-6-8(16)12-14-10/h1-6H2. The summed E-state index contributed by atoms with van der Waals surface area (Å²) in [5.41, 5.74) is 15.9. The molecule has 8 nitrogen and oxygen atoms in total. The second kappa shape index (κ2) is 9.51. The number of amides is 2. The van der Waals surface area contributed by atoms with Gasteiger partial charge < -0.3 is 0 Å². The molecular weight excluding hydrogens is 212 g/mol. The van der Waals surface area contributed by atoms with Crippen LogP contribution in [-0.2, 0) is 9.59 Å². The summed E-state index contributed by atoms with van der Waals surface area (Å²) in [6.07, 6.45) is 3.27. The third kappa shape index (κ3) is 8.55. The van der Waals surface area contributed by atoms with Gasteiger partial charge in [-0.25, -0.2) is 0 Å². The Bertz CT molecular complexity index is 306. The van der Waals surface area contributed by atoms with Crippen LogP contribution in [0.15, 0.2) is 10.2 Å². The average Bonchev–Trinajstić information content (AvgIpc) is 2.24. The van der Waals surface area contributed by atoms with E-state index in [2.05, 4.69) is 20.1 Å². The largest absolute Gasteiger partial charge is 0.293 e. The van der Waals surface area contributed by atoms with E-state index in [0.29, 0.717) is 12.8 Å². The first kappa shape index (κ1) is 14.0. The molecule has 2 amide bonds. The Hall–Kier alpha value is -2.04. The summed E-state index contributed by atoms with van der Waals surface area (Å²) in [7, 11) is 0. The minimum absolute atomic E-state index is 0.231. The van der Waals surface area contributed by atoms with Crippen LogP contribution >= 0.6 is 0 Å². The zero-order valence-electron chi connectivity index (χ0n) is 8.74. The van der Waals surface area contributed by atoms with Crippen LogP contribution in [0.4, 0.5) is 0 Å². The second-order valence-electron chi connectivity index (χ2n) is 3.08. The topological polar surface area (TPSA) is 132 Å². The van der Waals surface area contributed by atoms with Crippen molar-refractivity contribution in [3.8, 4) is 0 Å². The van der Waals surface area contributed by atoms with Crippen molar-refractivity contribution < 1.29 is 9.59 Å². The molecule has 8 heteroatoms. The molecule has 0 rings (SSSR count). The summed E-state index contributed by atoms with van der Waals surface area (Å²) in [5.74, 6) is -0.930. The SMILES string of the molecule is [N-]=[N+]=NC(=O)CCCCCCC(=O)N=[N+]=[N-]. The highest BCUT2D eigenvalue weighted by molar-refractivity contribution is 5.77. The Kier molecular flexibility index (Phi) is 8.30. The summed E-state index contributed by atoms with van der Waals surface area (Å²) < 4.78 is 0. The highest BCUT2D eigenvalue weighted by Gasteiger charge is 1.99. The summed E-state index contributed by atoms with van der Waals surface area (Å²) in [4.78, 5) is 26.2. The van der Waals surface area contributed by atoms with Gasteiger partial charge in [0.25, 0.3) is 0 Å². The highest BCUT2D eigenvalue weighted by atomic mass is 16.2. The molecule has 0 saturated carbocycles. The quantitative estimate of drug-likeness (QED) is 0.284. The number of rotatable bonds is 7. The van der Waals surface area contributed by atoms with E-state index in [0.717, 1.165) is 12.8 Å². The van der Waals surface area contributed by atoms with Gasteiger partial charge >= 0.3 is 0 Å². The van der Waals surface area contributed by atoms with Gasteiger partial charge in [0, 0.05) is 22.7 Å². The molecule has 0 radical (unpaired) electrons. The van der Waals surface area contributed by atoms with Crippen molar-refractivity contribution in [2.45, 2.75) is 38.5 Å². The Morgan fingerprint density at radius 3 is 1.50 bits per heavy atom. The van der Waals surface area contributed by atoms with Gasteiger partial charge in [0.2, 0.25) is 11.8 Å². The zero-order chi connectivity index (χ0) is 12.2. The fourth-order valence-electron chi connectivity index (χ4n) is 1.11. The number of unbranched alkanes of at least 4 members (excludes halogenated alkanes) is 3. The first-order valence-corrected chi connectivity index (χ1v) is 4.86. The van der Waals surface area contributed by atoms with Crippen molar-refractivity contribution in [1.82, 2.24) is 0 Å². The van der Waals surface area contributed by atoms with Gasteiger partial charge in [0.1, 0.15) is 0 Å². The molecule has 0 aromatic carbocycles. The van der Waals surface area contributed by atoms with Gasteiger partial charge in [-0.15, -0.1) is 0 Å². The molecule has 0 aliphatic heterocycles. The lowest BCUT2D eigenvalue weighted by Gasteiger charge is -1.97. The number of hydrogen-bond acceptors (Lipinski definition) is 2. The lowest BCUT2D eigenvalue weighted by Crippen LogP contribution is -1.93. The third-order valence-corrected chi connectivity index (χ3v) is 1.84. The lowest BCUT2D eigenvalue weighted by atomic mass is 10.1. The Labute approximate surface area is 91.9 Å². The van der Waals surface area contributed by atoms with Crippen LogP contribution in [0, 0.1) is 0 Å². The van der Waals surface area contributed by atoms with Crippen molar-refractivity contribution in [3.63, 3.8) is 0 Å². The van der Waals surface area contributed by atoms with E-state index in [4.69, 9.17) is 11.1 Å². The third-order valence-electron chi connectivity index (χ3n) is 1.84. The predicted molar refractivity (Wildman–Crippen MR) is 56.0 cm³/mol.